The van der Waals surface area contributed by atoms with Gasteiger partial charge in [-0.25, -0.2) is 9.97 Å². The van der Waals surface area contributed by atoms with Crippen LogP contribution >= 0.6 is 0 Å². The van der Waals surface area contributed by atoms with Gasteiger partial charge in [0, 0.05) is 25.6 Å². The number of hydrogen-bond donors (Lipinski definition) is 1. The molecule has 1 saturated heterocycles. The molecule has 100 valence electrons. The second-order valence-corrected chi connectivity index (χ2v) is 5.49. The van der Waals surface area contributed by atoms with Gasteiger partial charge >= 0.3 is 0 Å². The second-order valence-electron chi connectivity index (χ2n) is 5.49. The van der Waals surface area contributed by atoms with Crippen LogP contribution < -0.4 is 10.6 Å². The Hall–Kier alpha value is -1.36. The fourth-order valence-electron chi connectivity index (χ4n) is 2.45. The van der Waals surface area contributed by atoms with Crippen molar-refractivity contribution in [1.29, 1.82) is 0 Å². The summed E-state index contributed by atoms with van der Waals surface area (Å²) in [5.41, 5.74) is 5.67. The molecule has 1 aliphatic heterocycles. The van der Waals surface area contributed by atoms with Gasteiger partial charge in [0.15, 0.2) is 0 Å². The molecule has 1 aliphatic rings. The normalized spacial score (nSPS) is 23.1. The highest BCUT2D eigenvalue weighted by atomic mass is 16.5. The third kappa shape index (κ3) is 2.90. The number of aryl methyl sites for hydroxylation is 1. The van der Waals surface area contributed by atoms with E-state index in [0.29, 0.717) is 5.82 Å². The Morgan fingerprint density at radius 2 is 2.22 bits per heavy atom. The molecular formula is C13H22N4O. The van der Waals surface area contributed by atoms with Gasteiger partial charge in [-0.2, -0.15) is 0 Å². The fourth-order valence-corrected chi connectivity index (χ4v) is 2.45. The van der Waals surface area contributed by atoms with E-state index in [9.17, 15) is 0 Å². The lowest BCUT2D eigenvalue weighted by Crippen LogP contribution is -2.52. The number of ether oxygens (including phenoxy) is 1. The Kier molecular flexibility index (Phi) is 3.43. The van der Waals surface area contributed by atoms with Crippen LogP contribution in [0.3, 0.4) is 0 Å². The van der Waals surface area contributed by atoms with Crippen molar-refractivity contribution >= 4 is 11.6 Å². The van der Waals surface area contributed by atoms with E-state index in [4.69, 9.17) is 10.5 Å². The molecule has 5 nitrogen and oxygen atoms in total. The van der Waals surface area contributed by atoms with E-state index in [2.05, 4.69) is 35.6 Å². The minimum Gasteiger partial charge on any atom is -0.384 e. The van der Waals surface area contributed by atoms with Crippen molar-refractivity contribution in [1.82, 2.24) is 9.97 Å². The zero-order chi connectivity index (χ0) is 13.3. The second kappa shape index (κ2) is 4.72. The first-order chi connectivity index (χ1) is 8.39. The quantitative estimate of drug-likeness (QED) is 0.864. The summed E-state index contributed by atoms with van der Waals surface area (Å²) >= 11 is 0. The van der Waals surface area contributed by atoms with E-state index in [1.54, 1.807) is 0 Å². The van der Waals surface area contributed by atoms with Gasteiger partial charge < -0.3 is 15.4 Å². The molecule has 5 heteroatoms. The molecule has 2 rings (SSSR count). The van der Waals surface area contributed by atoms with E-state index in [1.165, 1.54) is 0 Å². The molecule has 0 amide bonds. The first-order valence-corrected chi connectivity index (χ1v) is 6.46. The third-order valence-electron chi connectivity index (χ3n) is 2.99. The van der Waals surface area contributed by atoms with Crippen molar-refractivity contribution in [3.05, 3.63) is 11.9 Å². The highest BCUT2D eigenvalue weighted by Crippen LogP contribution is 2.25. The van der Waals surface area contributed by atoms with Crippen LogP contribution in [0.4, 0.5) is 11.6 Å². The summed E-state index contributed by atoms with van der Waals surface area (Å²) in [6.07, 6.45) is 0.983. The molecule has 0 spiro atoms. The Balaban J connectivity index is 2.27. The summed E-state index contributed by atoms with van der Waals surface area (Å²) in [5.74, 6) is 2.23. The average molecular weight is 250 g/mol. The standard InChI is InChI=1S/C13H22N4O/c1-5-11-15-10(14)6-12(16-11)17-7-9(2)18-13(3,4)8-17/h6,9H,5,7-8H2,1-4H3,(H2,14,15,16). The maximum Gasteiger partial charge on any atom is 0.134 e. The molecule has 1 fully saturated rings. The van der Waals surface area contributed by atoms with E-state index in [-0.39, 0.29) is 11.7 Å². The van der Waals surface area contributed by atoms with Crippen molar-refractivity contribution in [2.24, 2.45) is 0 Å². The largest absolute Gasteiger partial charge is 0.384 e. The summed E-state index contributed by atoms with van der Waals surface area (Å²) in [7, 11) is 0. The zero-order valence-corrected chi connectivity index (χ0v) is 11.6. The van der Waals surface area contributed by atoms with Gasteiger partial charge in [0.2, 0.25) is 0 Å². The molecule has 0 aromatic carbocycles. The van der Waals surface area contributed by atoms with Crippen molar-refractivity contribution < 1.29 is 4.74 Å². The molecule has 0 aliphatic carbocycles. The minimum atomic E-state index is -0.163. The highest BCUT2D eigenvalue weighted by molar-refractivity contribution is 5.47. The lowest BCUT2D eigenvalue weighted by molar-refractivity contribution is -0.0751. The number of nitrogens with zero attached hydrogens (tertiary/aromatic N) is 3. The van der Waals surface area contributed by atoms with Crippen LogP contribution in [0.15, 0.2) is 6.07 Å². The van der Waals surface area contributed by atoms with Crippen LogP contribution in [-0.4, -0.2) is 34.8 Å². The van der Waals surface area contributed by atoms with Gasteiger partial charge in [-0.15, -0.1) is 0 Å². The van der Waals surface area contributed by atoms with Crippen molar-refractivity contribution in [2.75, 3.05) is 23.7 Å². The number of rotatable bonds is 2. The van der Waals surface area contributed by atoms with Gasteiger partial charge in [0.25, 0.3) is 0 Å². The van der Waals surface area contributed by atoms with Gasteiger partial charge in [-0.05, 0) is 20.8 Å². The number of nitrogen functional groups attached to an aromatic ring is 1. The molecule has 18 heavy (non-hydrogen) atoms. The number of hydrogen-bond acceptors (Lipinski definition) is 5. The summed E-state index contributed by atoms with van der Waals surface area (Å²) in [6.45, 7) is 9.96. The molecule has 0 bridgehead atoms. The van der Waals surface area contributed by atoms with E-state index < -0.39 is 0 Å². The molecule has 1 atom stereocenters. The maximum atomic E-state index is 5.90. The van der Waals surface area contributed by atoms with Crippen molar-refractivity contribution in [2.45, 2.75) is 45.8 Å². The summed E-state index contributed by atoms with van der Waals surface area (Å²) in [5, 5.41) is 0. The van der Waals surface area contributed by atoms with Crippen molar-refractivity contribution in [3.8, 4) is 0 Å². The Bertz CT molecular complexity index is 433. The predicted octanol–water partition coefficient (Wildman–Crippen LogP) is 1.62. The van der Waals surface area contributed by atoms with Crippen LogP contribution in [-0.2, 0) is 11.2 Å². The number of aromatic nitrogens is 2. The first-order valence-electron chi connectivity index (χ1n) is 6.46. The molecule has 2 N–H and O–H groups in total. The predicted molar refractivity (Wildman–Crippen MR) is 72.7 cm³/mol. The third-order valence-corrected chi connectivity index (χ3v) is 2.99. The monoisotopic (exact) mass is 250 g/mol. The topological polar surface area (TPSA) is 64.3 Å². The van der Waals surface area contributed by atoms with Crippen LogP contribution in [0, 0.1) is 0 Å². The minimum absolute atomic E-state index is 0.163. The van der Waals surface area contributed by atoms with Crippen LogP contribution in [0.25, 0.3) is 0 Å². The number of nitrogens with two attached hydrogens (primary N) is 1. The Morgan fingerprint density at radius 1 is 1.50 bits per heavy atom. The molecule has 1 aromatic rings. The molecule has 1 unspecified atom stereocenters. The smallest absolute Gasteiger partial charge is 0.134 e. The lowest BCUT2D eigenvalue weighted by atomic mass is 10.1. The summed E-state index contributed by atoms with van der Waals surface area (Å²) < 4.78 is 5.90. The molecule has 0 radical (unpaired) electrons. The SMILES string of the molecule is CCc1nc(N)cc(N2CC(C)OC(C)(C)C2)n1. The van der Waals surface area contributed by atoms with Crippen molar-refractivity contribution in [3.63, 3.8) is 0 Å². The van der Waals surface area contributed by atoms with Crippen LogP contribution in [0.2, 0.25) is 0 Å². The van der Waals surface area contributed by atoms with E-state index >= 15 is 0 Å². The Morgan fingerprint density at radius 3 is 2.83 bits per heavy atom. The number of anilines is 2. The van der Waals surface area contributed by atoms with Gasteiger partial charge in [-0.3, -0.25) is 0 Å². The zero-order valence-electron chi connectivity index (χ0n) is 11.6. The first kappa shape index (κ1) is 13.1. The summed E-state index contributed by atoms with van der Waals surface area (Å²) in [4.78, 5) is 11.0. The van der Waals surface area contributed by atoms with E-state index in [1.807, 2.05) is 13.0 Å². The van der Waals surface area contributed by atoms with Gasteiger partial charge in [0.05, 0.1) is 11.7 Å². The highest BCUT2D eigenvalue weighted by Gasteiger charge is 2.32. The lowest BCUT2D eigenvalue weighted by Gasteiger charge is -2.42. The fraction of sp³-hybridized carbons (Fsp3) is 0.692. The molecule has 2 heterocycles. The van der Waals surface area contributed by atoms with Crippen LogP contribution in [0.5, 0.6) is 0 Å². The number of morpholine rings is 1. The average Bonchev–Trinajstić information content (AvgIpc) is 2.25. The van der Waals surface area contributed by atoms with Crippen LogP contribution in [0.1, 0.15) is 33.5 Å². The van der Waals surface area contributed by atoms with E-state index in [0.717, 1.165) is 31.2 Å². The molecule has 1 aromatic heterocycles. The van der Waals surface area contributed by atoms with Gasteiger partial charge in [-0.1, -0.05) is 6.92 Å². The summed E-state index contributed by atoms with van der Waals surface area (Å²) in [6, 6.07) is 1.84. The van der Waals surface area contributed by atoms with Gasteiger partial charge in [0.1, 0.15) is 17.5 Å². The molecule has 0 saturated carbocycles. The Labute approximate surface area is 108 Å². The molecular weight excluding hydrogens is 228 g/mol. The maximum absolute atomic E-state index is 5.90.